The van der Waals surface area contributed by atoms with Crippen molar-refractivity contribution in [3.05, 3.63) is 12.5 Å². The van der Waals surface area contributed by atoms with Gasteiger partial charge in [0.2, 0.25) is 0 Å². The van der Waals surface area contributed by atoms with Gasteiger partial charge in [0, 0.05) is 13.6 Å². The maximum absolute atomic E-state index is 5.76. The van der Waals surface area contributed by atoms with Crippen LogP contribution in [0.5, 0.6) is 0 Å². The molecule has 0 saturated carbocycles. The van der Waals surface area contributed by atoms with E-state index in [1.54, 1.807) is 6.20 Å². The predicted molar refractivity (Wildman–Crippen MR) is 59.2 cm³/mol. The Hall–Kier alpha value is -1.32. The van der Waals surface area contributed by atoms with E-state index in [2.05, 4.69) is 28.7 Å². The summed E-state index contributed by atoms with van der Waals surface area (Å²) < 4.78 is 0. The van der Waals surface area contributed by atoms with E-state index in [-0.39, 0.29) is 0 Å². The van der Waals surface area contributed by atoms with E-state index in [4.69, 9.17) is 5.73 Å². The van der Waals surface area contributed by atoms with Gasteiger partial charge in [0.15, 0.2) is 5.82 Å². The van der Waals surface area contributed by atoms with Gasteiger partial charge >= 0.3 is 0 Å². The minimum absolute atomic E-state index is 0.638. The van der Waals surface area contributed by atoms with Gasteiger partial charge in [-0.15, -0.1) is 0 Å². The second-order valence-corrected chi connectivity index (χ2v) is 3.91. The van der Waals surface area contributed by atoms with Crippen LogP contribution >= 0.6 is 0 Å². The summed E-state index contributed by atoms with van der Waals surface area (Å²) in [7, 11) is 2.00. The second kappa shape index (κ2) is 4.79. The molecule has 78 valence electrons. The van der Waals surface area contributed by atoms with Gasteiger partial charge in [0.1, 0.15) is 6.33 Å². The summed E-state index contributed by atoms with van der Waals surface area (Å²) in [4.78, 5) is 10.1. The number of aromatic nitrogens is 2. The highest BCUT2D eigenvalue weighted by molar-refractivity contribution is 5.60. The van der Waals surface area contributed by atoms with Crippen LogP contribution in [-0.4, -0.2) is 23.6 Å². The average molecular weight is 194 g/mol. The number of rotatable bonds is 4. The van der Waals surface area contributed by atoms with Crippen LogP contribution in [0.25, 0.3) is 0 Å². The zero-order valence-corrected chi connectivity index (χ0v) is 9.07. The lowest BCUT2D eigenvalue weighted by Crippen LogP contribution is -2.22. The van der Waals surface area contributed by atoms with Crippen molar-refractivity contribution in [2.75, 3.05) is 24.2 Å². The number of anilines is 2. The van der Waals surface area contributed by atoms with Crippen molar-refractivity contribution in [1.82, 2.24) is 9.97 Å². The Balaban J connectivity index is 2.60. The van der Waals surface area contributed by atoms with Crippen LogP contribution in [-0.2, 0) is 0 Å². The third-order valence-corrected chi connectivity index (χ3v) is 2.12. The molecule has 0 atom stereocenters. The Morgan fingerprint density at radius 1 is 1.50 bits per heavy atom. The van der Waals surface area contributed by atoms with Crippen LogP contribution in [0.1, 0.15) is 20.3 Å². The number of hydrogen-bond acceptors (Lipinski definition) is 4. The highest BCUT2D eigenvalue weighted by Gasteiger charge is 2.06. The maximum Gasteiger partial charge on any atom is 0.154 e. The average Bonchev–Trinajstić information content (AvgIpc) is 2.15. The summed E-state index contributed by atoms with van der Waals surface area (Å²) in [6.45, 7) is 5.38. The minimum Gasteiger partial charge on any atom is -0.394 e. The molecular weight excluding hydrogens is 176 g/mol. The first-order valence-corrected chi connectivity index (χ1v) is 4.88. The van der Waals surface area contributed by atoms with Crippen LogP contribution in [0.3, 0.4) is 0 Å². The fraction of sp³-hybridized carbons (Fsp3) is 0.600. The molecule has 1 heterocycles. The lowest BCUT2D eigenvalue weighted by atomic mass is 10.1. The quantitative estimate of drug-likeness (QED) is 0.790. The molecule has 0 bridgehead atoms. The standard InChI is InChI=1S/C10H18N4/c1-8(2)4-5-14(3)10-9(11)6-12-7-13-10/h6-8H,4-5,11H2,1-3H3. The number of nitrogens with zero attached hydrogens (tertiary/aromatic N) is 3. The predicted octanol–water partition coefficient (Wildman–Crippen LogP) is 1.54. The molecule has 0 spiro atoms. The van der Waals surface area contributed by atoms with Gasteiger partial charge in [-0.3, -0.25) is 0 Å². The van der Waals surface area contributed by atoms with Crippen molar-refractivity contribution in [2.45, 2.75) is 20.3 Å². The summed E-state index contributed by atoms with van der Waals surface area (Å²) in [6.07, 6.45) is 4.30. The van der Waals surface area contributed by atoms with E-state index in [9.17, 15) is 0 Å². The Labute approximate surface area is 85.2 Å². The molecule has 0 radical (unpaired) electrons. The Morgan fingerprint density at radius 3 is 2.79 bits per heavy atom. The monoisotopic (exact) mass is 194 g/mol. The molecule has 4 heteroatoms. The van der Waals surface area contributed by atoms with Gasteiger partial charge in [-0.25, -0.2) is 9.97 Å². The van der Waals surface area contributed by atoms with Crippen molar-refractivity contribution in [3.8, 4) is 0 Å². The SMILES string of the molecule is CC(C)CCN(C)c1ncncc1N. The molecule has 2 N–H and O–H groups in total. The third-order valence-electron chi connectivity index (χ3n) is 2.12. The molecule has 1 aromatic heterocycles. The van der Waals surface area contributed by atoms with E-state index in [0.717, 1.165) is 18.8 Å². The van der Waals surface area contributed by atoms with E-state index in [0.29, 0.717) is 11.6 Å². The molecule has 0 aliphatic rings. The van der Waals surface area contributed by atoms with Crippen LogP contribution < -0.4 is 10.6 Å². The Bertz CT molecular complexity index is 285. The fourth-order valence-corrected chi connectivity index (χ4v) is 1.21. The smallest absolute Gasteiger partial charge is 0.154 e. The van der Waals surface area contributed by atoms with E-state index >= 15 is 0 Å². The van der Waals surface area contributed by atoms with Gasteiger partial charge in [-0.05, 0) is 12.3 Å². The molecule has 14 heavy (non-hydrogen) atoms. The van der Waals surface area contributed by atoms with Gasteiger partial charge in [-0.2, -0.15) is 0 Å². The normalized spacial score (nSPS) is 10.6. The molecular formula is C10H18N4. The van der Waals surface area contributed by atoms with Gasteiger partial charge < -0.3 is 10.6 Å². The molecule has 0 aromatic carbocycles. The topological polar surface area (TPSA) is 55.0 Å². The third kappa shape index (κ3) is 2.87. The number of hydrogen-bond donors (Lipinski definition) is 1. The highest BCUT2D eigenvalue weighted by atomic mass is 15.2. The maximum atomic E-state index is 5.76. The number of nitrogen functional groups attached to an aromatic ring is 1. The van der Waals surface area contributed by atoms with E-state index < -0.39 is 0 Å². The Kier molecular flexibility index (Phi) is 3.68. The summed E-state index contributed by atoms with van der Waals surface area (Å²) in [5.74, 6) is 1.51. The number of nitrogens with two attached hydrogens (primary N) is 1. The fourth-order valence-electron chi connectivity index (χ4n) is 1.21. The van der Waals surface area contributed by atoms with Gasteiger partial charge in [0.05, 0.1) is 11.9 Å². The van der Waals surface area contributed by atoms with Gasteiger partial charge in [-0.1, -0.05) is 13.8 Å². The summed E-state index contributed by atoms with van der Waals surface area (Å²) in [6, 6.07) is 0. The first-order chi connectivity index (χ1) is 6.61. The molecule has 0 unspecified atom stereocenters. The lowest BCUT2D eigenvalue weighted by Gasteiger charge is -2.20. The van der Waals surface area contributed by atoms with Crippen LogP contribution in [0.15, 0.2) is 12.5 Å². The first-order valence-electron chi connectivity index (χ1n) is 4.88. The molecule has 4 nitrogen and oxygen atoms in total. The van der Waals surface area contributed by atoms with Crippen LogP contribution in [0.2, 0.25) is 0 Å². The van der Waals surface area contributed by atoms with Crippen LogP contribution in [0, 0.1) is 5.92 Å². The lowest BCUT2D eigenvalue weighted by molar-refractivity contribution is 0.583. The van der Waals surface area contributed by atoms with Crippen molar-refractivity contribution in [1.29, 1.82) is 0 Å². The zero-order valence-electron chi connectivity index (χ0n) is 9.07. The Morgan fingerprint density at radius 2 is 2.21 bits per heavy atom. The van der Waals surface area contributed by atoms with E-state index in [1.165, 1.54) is 6.33 Å². The second-order valence-electron chi connectivity index (χ2n) is 3.91. The van der Waals surface area contributed by atoms with Crippen molar-refractivity contribution in [3.63, 3.8) is 0 Å². The summed E-state index contributed by atoms with van der Waals surface area (Å²) >= 11 is 0. The molecule has 0 fully saturated rings. The molecule has 0 saturated heterocycles. The molecule has 1 rings (SSSR count). The first kappa shape index (κ1) is 10.8. The van der Waals surface area contributed by atoms with E-state index in [1.807, 2.05) is 7.05 Å². The molecule has 0 aliphatic carbocycles. The molecule has 0 amide bonds. The minimum atomic E-state index is 0.638. The molecule has 1 aromatic rings. The van der Waals surface area contributed by atoms with Crippen molar-refractivity contribution < 1.29 is 0 Å². The summed E-state index contributed by atoms with van der Waals surface area (Å²) in [5.41, 5.74) is 6.40. The van der Waals surface area contributed by atoms with Crippen LogP contribution in [0.4, 0.5) is 11.5 Å². The van der Waals surface area contributed by atoms with Gasteiger partial charge in [0.25, 0.3) is 0 Å². The molecule has 0 aliphatic heterocycles. The highest BCUT2D eigenvalue weighted by Crippen LogP contribution is 2.17. The van der Waals surface area contributed by atoms with Crippen molar-refractivity contribution >= 4 is 11.5 Å². The zero-order chi connectivity index (χ0) is 10.6. The summed E-state index contributed by atoms with van der Waals surface area (Å²) in [5, 5.41) is 0. The largest absolute Gasteiger partial charge is 0.394 e. The van der Waals surface area contributed by atoms with Crippen molar-refractivity contribution in [2.24, 2.45) is 5.92 Å².